The fraction of sp³-hybridized carbons (Fsp3) is 0.480. The Morgan fingerprint density at radius 2 is 1.97 bits per heavy atom. The van der Waals surface area contributed by atoms with Gasteiger partial charge in [-0.25, -0.2) is 9.48 Å². The van der Waals surface area contributed by atoms with Crippen molar-refractivity contribution in [1.82, 2.24) is 15.0 Å². The summed E-state index contributed by atoms with van der Waals surface area (Å²) in [5.41, 5.74) is 1.60. The highest BCUT2D eigenvalue weighted by molar-refractivity contribution is 5.96. The zero-order valence-electron chi connectivity index (χ0n) is 20.3. The van der Waals surface area contributed by atoms with Crippen molar-refractivity contribution in [3.8, 4) is 0 Å². The van der Waals surface area contributed by atoms with Gasteiger partial charge in [-0.05, 0) is 37.0 Å². The van der Waals surface area contributed by atoms with E-state index in [1.807, 2.05) is 6.20 Å². The number of nitrogens with zero attached hydrogens (tertiary/aromatic N) is 3. The summed E-state index contributed by atoms with van der Waals surface area (Å²) in [4.78, 5) is 36.6. The highest BCUT2D eigenvalue weighted by Crippen LogP contribution is 2.26. The normalized spacial score (nSPS) is 13.2. The second-order valence-electron chi connectivity index (χ2n) is 9.08. The molecule has 0 saturated carbocycles. The predicted molar refractivity (Wildman–Crippen MR) is 129 cm³/mol. The zero-order chi connectivity index (χ0) is 25.0. The number of unbranched alkanes of at least 4 members (excludes halogenated alkanes) is 1. The summed E-state index contributed by atoms with van der Waals surface area (Å²) >= 11 is 0. The molecule has 1 amide bonds. The Balaban J connectivity index is 1.88. The first kappa shape index (κ1) is 25.1. The number of carbonyl (C=O) groups excluding carboxylic acids is 1. The first-order valence-electron chi connectivity index (χ1n) is 11.6. The number of amides is 1. The molecule has 0 bridgehead atoms. The van der Waals surface area contributed by atoms with Gasteiger partial charge >= 0.3 is 11.6 Å². The maximum absolute atomic E-state index is 13.2. The van der Waals surface area contributed by atoms with Gasteiger partial charge in [0.15, 0.2) is 0 Å². The number of hydrogen-bond donors (Lipinski definition) is 2. The van der Waals surface area contributed by atoms with Gasteiger partial charge in [-0.2, -0.15) is 0 Å². The van der Waals surface area contributed by atoms with E-state index in [1.165, 1.54) is 0 Å². The molecule has 2 aromatic heterocycles. The van der Waals surface area contributed by atoms with Crippen LogP contribution in [0, 0.1) is 12.8 Å². The van der Waals surface area contributed by atoms with E-state index in [4.69, 9.17) is 9.52 Å². The summed E-state index contributed by atoms with van der Waals surface area (Å²) in [6.07, 6.45) is 3.84. The number of nitrogens with one attached hydrogen (secondary N) is 1. The Labute approximate surface area is 198 Å². The SMILES string of the molecule is CCCC[C@@H](C(=O)Nc1ccc2c(C)c(CC(=O)O)c(=O)oc2c1)n1cc([C@H](C)C(C)C)nn1. The molecule has 0 saturated heterocycles. The minimum Gasteiger partial charge on any atom is -0.481 e. The van der Waals surface area contributed by atoms with Crippen molar-refractivity contribution in [2.24, 2.45) is 5.92 Å². The van der Waals surface area contributed by atoms with E-state index >= 15 is 0 Å². The number of carbonyl (C=O) groups is 2. The number of benzene rings is 1. The Bertz CT molecular complexity index is 1240. The van der Waals surface area contributed by atoms with Crippen molar-refractivity contribution in [3.05, 3.63) is 51.6 Å². The van der Waals surface area contributed by atoms with E-state index in [2.05, 4.69) is 43.3 Å². The predicted octanol–water partition coefficient (Wildman–Crippen LogP) is 4.45. The van der Waals surface area contributed by atoms with Crippen molar-refractivity contribution in [3.63, 3.8) is 0 Å². The largest absolute Gasteiger partial charge is 0.481 e. The van der Waals surface area contributed by atoms with E-state index in [1.54, 1.807) is 29.8 Å². The number of hydrogen-bond acceptors (Lipinski definition) is 6. The highest BCUT2D eigenvalue weighted by atomic mass is 16.4. The summed E-state index contributed by atoms with van der Waals surface area (Å²) in [6, 6.07) is 4.48. The van der Waals surface area contributed by atoms with Gasteiger partial charge < -0.3 is 14.8 Å². The van der Waals surface area contributed by atoms with Gasteiger partial charge in [-0.3, -0.25) is 9.59 Å². The summed E-state index contributed by atoms with van der Waals surface area (Å²) < 4.78 is 6.99. The lowest BCUT2D eigenvalue weighted by Gasteiger charge is -2.17. The highest BCUT2D eigenvalue weighted by Gasteiger charge is 2.24. The van der Waals surface area contributed by atoms with Crippen molar-refractivity contribution in [2.75, 3.05) is 5.32 Å². The van der Waals surface area contributed by atoms with Gasteiger partial charge in [0.05, 0.1) is 17.7 Å². The molecule has 2 N–H and O–H groups in total. The van der Waals surface area contributed by atoms with Crippen LogP contribution < -0.4 is 10.9 Å². The van der Waals surface area contributed by atoms with E-state index in [0.717, 1.165) is 18.5 Å². The second-order valence-corrected chi connectivity index (χ2v) is 9.08. The van der Waals surface area contributed by atoms with E-state index < -0.39 is 24.1 Å². The van der Waals surface area contributed by atoms with E-state index in [9.17, 15) is 14.4 Å². The number of aliphatic carboxylic acids is 1. The molecule has 0 aliphatic carbocycles. The van der Waals surface area contributed by atoms with Gasteiger partial charge in [0.25, 0.3) is 0 Å². The monoisotopic (exact) mass is 468 g/mol. The first-order valence-corrected chi connectivity index (χ1v) is 11.6. The smallest absolute Gasteiger partial charge is 0.340 e. The number of aryl methyl sites for hydroxylation is 1. The molecule has 1 aromatic carbocycles. The Hall–Kier alpha value is -3.49. The van der Waals surface area contributed by atoms with Crippen LogP contribution in [0.4, 0.5) is 5.69 Å². The summed E-state index contributed by atoms with van der Waals surface area (Å²) in [7, 11) is 0. The molecule has 9 nitrogen and oxygen atoms in total. The quantitative estimate of drug-likeness (QED) is 0.421. The molecule has 0 unspecified atom stereocenters. The lowest BCUT2D eigenvalue weighted by atomic mass is 9.95. The van der Waals surface area contributed by atoms with Crippen LogP contribution in [-0.4, -0.2) is 32.0 Å². The molecule has 0 fully saturated rings. The lowest BCUT2D eigenvalue weighted by molar-refractivity contribution is -0.136. The molecular formula is C25H32N4O5. The van der Waals surface area contributed by atoms with Crippen molar-refractivity contribution >= 4 is 28.5 Å². The van der Waals surface area contributed by atoms with Gasteiger partial charge in [0.1, 0.15) is 11.6 Å². The van der Waals surface area contributed by atoms with Gasteiger partial charge in [-0.15, -0.1) is 5.10 Å². The average molecular weight is 469 g/mol. The third-order valence-corrected chi connectivity index (χ3v) is 6.33. The maximum atomic E-state index is 13.2. The number of fused-ring (bicyclic) bond motifs is 1. The number of anilines is 1. The van der Waals surface area contributed by atoms with E-state index in [-0.39, 0.29) is 23.0 Å². The third-order valence-electron chi connectivity index (χ3n) is 6.33. The fourth-order valence-corrected chi connectivity index (χ4v) is 3.83. The number of aromatic nitrogens is 3. The van der Waals surface area contributed by atoms with Crippen LogP contribution in [0.1, 0.15) is 75.7 Å². The second kappa shape index (κ2) is 10.6. The first-order chi connectivity index (χ1) is 16.1. The number of carboxylic acids is 1. The minimum atomic E-state index is -1.10. The van der Waals surface area contributed by atoms with Gasteiger partial charge in [-0.1, -0.05) is 45.7 Å². The molecule has 0 spiro atoms. The Kier molecular flexibility index (Phi) is 7.86. The van der Waals surface area contributed by atoms with Crippen molar-refractivity contribution < 1.29 is 19.1 Å². The molecule has 2 atom stereocenters. The third kappa shape index (κ3) is 5.52. The summed E-state index contributed by atoms with van der Waals surface area (Å²) in [6.45, 7) is 10.1. The molecular weight excluding hydrogens is 436 g/mol. The maximum Gasteiger partial charge on any atom is 0.340 e. The molecule has 34 heavy (non-hydrogen) atoms. The van der Waals surface area contributed by atoms with Gasteiger partial charge in [0.2, 0.25) is 5.91 Å². The average Bonchev–Trinajstić information content (AvgIpc) is 3.25. The molecule has 0 radical (unpaired) electrons. The molecule has 0 aliphatic rings. The van der Waals surface area contributed by atoms with Crippen molar-refractivity contribution in [2.45, 2.75) is 72.3 Å². The topological polar surface area (TPSA) is 127 Å². The number of carboxylic acid groups (broad SMARTS) is 1. The van der Waals surface area contributed by atoms with Crippen LogP contribution in [0.15, 0.2) is 33.6 Å². The molecule has 0 aliphatic heterocycles. The molecule has 3 aromatic rings. The summed E-state index contributed by atoms with van der Waals surface area (Å²) in [5.74, 6) is -0.708. The Morgan fingerprint density at radius 3 is 2.62 bits per heavy atom. The van der Waals surface area contributed by atoms with Crippen molar-refractivity contribution in [1.29, 1.82) is 0 Å². The molecule has 2 heterocycles. The molecule has 3 rings (SSSR count). The minimum absolute atomic E-state index is 0.119. The fourth-order valence-electron chi connectivity index (χ4n) is 3.83. The zero-order valence-corrected chi connectivity index (χ0v) is 20.3. The van der Waals surface area contributed by atoms with Crippen LogP contribution >= 0.6 is 0 Å². The van der Waals surface area contributed by atoms with Crippen LogP contribution in [-0.2, 0) is 16.0 Å². The van der Waals surface area contributed by atoms with E-state index in [0.29, 0.717) is 29.0 Å². The molecule has 182 valence electrons. The Morgan fingerprint density at radius 1 is 1.24 bits per heavy atom. The van der Waals surface area contributed by atoms with Crippen LogP contribution in [0.3, 0.4) is 0 Å². The van der Waals surface area contributed by atoms with Crippen LogP contribution in [0.25, 0.3) is 11.0 Å². The summed E-state index contributed by atoms with van der Waals surface area (Å²) in [5, 5.41) is 21.1. The van der Waals surface area contributed by atoms with Gasteiger partial charge in [0, 0.05) is 29.3 Å². The molecule has 9 heteroatoms. The van der Waals surface area contributed by atoms with Crippen LogP contribution in [0.5, 0.6) is 0 Å². The van der Waals surface area contributed by atoms with Crippen LogP contribution in [0.2, 0.25) is 0 Å². The lowest BCUT2D eigenvalue weighted by Crippen LogP contribution is -2.26. The number of rotatable bonds is 10. The standard InChI is InChI=1S/C25H32N4O5/c1-6-7-8-21(29-13-20(27-28-29)15(4)14(2)3)24(32)26-17-9-10-18-16(5)19(12-23(30)31)25(33)34-22(18)11-17/h9-11,13-15,21H,6-8,12H2,1-5H3,(H,26,32)(H,30,31)/t15-,21+/m1/s1.